The van der Waals surface area contributed by atoms with E-state index in [1.807, 2.05) is 6.26 Å². The van der Waals surface area contributed by atoms with Crippen molar-refractivity contribution in [3.63, 3.8) is 0 Å². The fourth-order valence-electron chi connectivity index (χ4n) is 2.68. The van der Waals surface area contributed by atoms with Gasteiger partial charge in [-0.3, -0.25) is 0 Å². The molecule has 2 aliphatic rings. The summed E-state index contributed by atoms with van der Waals surface area (Å²) in [5, 5.41) is 3.52. The van der Waals surface area contributed by atoms with Gasteiger partial charge in [-0.1, -0.05) is 6.42 Å². The number of ether oxygens (including phenoxy) is 1. The summed E-state index contributed by atoms with van der Waals surface area (Å²) in [4.78, 5) is 4.60. The molecule has 4 heteroatoms. The van der Waals surface area contributed by atoms with Gasteiger partial charge in [0.25, 0.3) is 0 Å². The first-order valence-electron chi connectivity index (χ1n) is 6.67. The number of hydrogen-bond donors (Lipinski definition) is 1. The first-order chi connectivity index (χ1) is 8.42. The number of oxazole rings is 1. The predicted molar refractivity (Wildman–Crippen MR) is 64.0 cm³/mol. The van der Waals surface area contributed by atoms with Crippen LogP contribution in [0.1, 0.15) is 43.2 Å². The molecule has 4 nitrogen and oxygen atoms in total. The van der Waals surface area contributed by atoms with Crippen LogP contribution in [0.3, 0.4) is 0 Å². The highest BCUT2D eigenvalue weighted by Crippen LogP contribution is 2.24. The van der Waals surface area contributed by atoms with Crippen LogP contribution in [-0.4, -0.2) is 30.8 Å². The molecule has 0 bridgehead atoms. The van der Waals surface area contributed by atoms with Gasteiger partial charge in [0.05, 0.1) is 12.3 Å². The van der Waals surface area contributed by atoms with Gasteiger partial charge in [0.1, 0.15) is 6.26 Å². The van der Waals surface area contributed by atoms with Crippen molar-refractivity contribution in [2.45, 2.75) is 44.1 Å². The maximum absolute atomic E-state index is 5.57. The Bertz CT molecular complexity index is 352. The van der Waals surface area contributed by atoms with Crippen LogP contribution in [0.5, 0.6) is 0 Å². The van der Waals surface area contributed by atoms with E-state index in [9.17, 15) is 0 Å². The maximum atomic E-state index is 5.57. The fourth-order valence-corrected chi connectivity index (χ4v) is 2.68. The summed E-state index contributed by atoms with van der Waals surface area (Å²) in [6.07, 6.45) is 7.68. The van der Waals surface area contributed by atoms with Gasteiger partial charge in [0.2, 0.25) is 0 Å². The second-order valence-corrected chi connectivity index (χ2v) is 5.08. The summed E-state index contributed by atoms with van der Waals surface area (Å²) in [6, 6.07) is 0.551. The fraction of sp³-hybridized carbons (Fsp3) is 0.769. The lowest BCUT2D eigenvalue weighted by atomic mass is 10.0. The van der Waals surface area contributed by atoms with Crippen LogP contribution >= 0.6 is 0 Å². The second-order valence-electron chi connectivity index (χ2n) is 5.08. The third kappa shape index (κ3) is 2.69. The van der Waals surface area contributed by atoms with Crippen LogP contribution in [0.2, 0.25) is 0 Å². The lowest BCUT2D eigenvalue weighted by Crippen LogP contribution is -2.35. The molecular weight excluding hydrogens is 216 g/mol. The molecule has 0 amide bonds. The molecule has 1 aromatic heterocycles. The van der Waals surface area contributed by atoms with E-state index in [1.165, 1.54) is 19.3 Å². The zero-order chi connectivity index (χ0) is 11.5. The number of nitrogens with one attached hydrogen (secondary N) is 1. The summed E-state index contributed by atoms with van der Waals surface area (Å²) < 4.78 is 10.9. The van der Waals surface area contributed by atoms with Crippen molar-refractivity contribution in [3.05, 3.63) is 17.8 Å². The topological polar surface area (TPSA) is 47.3 Å². The van der Waals surface area contributed by atoms with E-state index < -0.39 is 0 Å². The molecule has 2 fully saturated rings. The Morgan fingerprint density at radius 2 is 2.35 bits per heavy atom. The Morgan fingerprint density at radius 3 is 3.12 bits per heavy atom. The monoisotopic (exact) mass is 236 g/mol. The van der Waals surface area contributed by atoms with E-state index in [4.69, 9.17) is 9.15 Å². The van der Waals surface area contributed by atoms with Gasteiger partial charge in [-0.2, -0.15) is 0 Å². The van der Waals surface area contributed by atoms with Gasteiger partial charge < -0.3 is 14.5 Å². The van der Waals surface area contributed by atoms with Crippen LogP contribution in [0.15, 0.2) is 10.7 Å². The van der Waals surface area contributed by atoms with E-state index in [2.05, 4.69) is 10.3 Å². The minimum atomic E-state index is 0.451. The molecule has 0 aromatic carbocycles. The third-order valence-corrected chi connectivity index (χ3v) is 3.75. The van der Waals surface area contributed by atoms with Gasteiger partial charge in [-0.15, -0.1) is 0 Å². The molecule has 1 N–H and O–H groups in total. The smallest absolute Gasteiger partial charge is 0.195 e. The average molecular weight is 236 g/mol. The van der Waals surface area contributed by atoms with Crippen LogP contribution < -0.4 is 5.32 Å². The normalized spacial score (nSPS) is 29.6. The molecule has 17 heavy (non-hydrogen) atoms. The van der Waals surface area contributed by atoms with Crippen LogP contribution in [0.25, 0.3) is 0 Å². The highest BCUT2D eigenvalue weighted by molar-refractivity contribution is 5.06. The van der Waals surface area contributed by atoms with E-state index in [-0.39, 0.29) is 0 Å². The SMILES string of the molecule is c1oc(CC2CCCCN2)nc1C1CCOC1. The zero-order valence-corrected chi connectivity index (χ0v) is 10.2. The van der Waals surface area contributed by atoms with Crippen molar-refractivity contribution in [3.8, 4) is 0 Å². The summed E-state index contributed by atoms with van der Waals surface area (Å²) in [6.45, 7) is 2.79. The van der Waals surface area contributed by atoms with E-state index in [0.717, 1.165) is 44.2 Å². The molecule has 2 aliphatic heterocycles. The molecule has 0 saturated carbocycles. The van der Waals surface area contributed by atoms with Gasteiger partial charge in [0.15, 0.2) is 5.89 Å². The van der Waals surface area contributed by atoms with Gasteiger partial charge >= 0.3 is 0 Å². The standard InChI is InChI=1S/C13H20N2O2/c1-2-5-14-11(3-1)7-13-15-12(9-17-13)10-4-6-16-8-10/h9-11,14H,1-8H2. The predicted octanol–water partition coefficient (Wildman–Crippen LogP) is 1.86. The Hall–Kier alpha value is -0.870. The lowest BCUT2D eigenvalue weighted by Gasteiger charge is -2.21. The second kappa shape index (κ2) is 5.19. The summed E-state index contributed by atoms with van der Waals surface area (Å²) in [5.74, 6) is 1.33. The molecule has 1 aromatic rings. The van der Waals surface area contributed by atoms with Crippen molar-refractivity contribution in [1.29, 1.82) is 0 Å². The van der Waals surface area contributed by atoms with Gasteiger partial charge in [-0.25, -0.2) is 4.98 Å². The summed E-state index contributed by atoms with van der Waals surface area (Å²) in [5.41, 5.74) is 1.08. The van der Waals surface area contributed by atoms with Gasteiger partial charge in [0, 0.05) is 25.0 Å². The number of hydrogen-bond acceptors (Lipinski definition) is 4. The van der Waals surface area contributed by atoms with Gasteiger partial charge in [-0.05, 0) is 25.8 Å². The Labute approximate surface area is 102 Å². The van der Waals surface area contributed by atoms with Crippen LogP contribution in [0, 0.1) is 0 Å². The minimum Gasteiger partial charge on any atom is -0.449 e. The van der Waals surface area contributed by atoms with Crippen molar-refractivity contribution in [1.82, 2.24) is 10.3 Å². The van der Waals surface area contributed by atoms with Crippen molar-refractivity contribution < 1.29 is 9.15 Å². The quantitative estimate of drug-likeness (QED) is 0.870. The first kappa shape index (κ1) is 11.2. The maximum Gasteiger partial charge on any atom is 0.195 e. The highest BCUT2D eigenvalue weighted by Gasteiger charge is 2.22. The molecule has 2 saturated heterocycles. The minimum absolute atomic E-state index is 0.451. The van der Waals surface area contributed by atoms with Crippen molar-refractivity contribution in [2.75, 3.05) is 19.8 Å². The highest BCUT2D eigenvalue weighted by atomic mass is 16.5. The van der Waals surface area contributed by atoms with E-state index in [0.29, 0.717) is 12.0 Å². The van der Waals surface area contributed by atoms with Crippen LogP contribution in [0.4, 0.5) is 0 Å². The summed E-state index contributed by atoms with van der Waals surface area (Å²) >= 11 is 0. The zero-order valence-electron chi connectivity index (χ0n) is 10.2. The number of piperidine rings is 1. The lowest BCUT2D eigenvalue weighted by molar-refractivity contribution is 0.193. The van der Waals surface area contributed by atoms with Crippen molar-refractivity contribution >= 4 is 0 Å². The molecule has 3 rings (SSSR count). The third-order valence-electron chi connectivity index (χ3n) is 3.75. The molecule has 0 radical (unpaired) electrons. The largest absolute Gasteiger partial charge is 0.449 e. The number of nitrogens with zero attached hydrogens (tertiary/aromatic N) is 1. The molecule has 0 aliphatic carbocycles. The molecule has 3 heterocycles. The Balaban J connectivity index is 1.59. The summed E-state index contributed by atoms with van der Waals surface area (Å²) in [7, 11) is 0. The average Bonchev–Trinajstić information content (AvgIpc) is 3.00. The Kier molecular flexibility index (Phi) is 3.43. The number of rotatable bonds is 3. The molecular formula is C13H20N2O2. The van der Waals surface area contributed by atoms with Crippen LogP contribution in [-0.2, 0) is 11.2 Å². The molecule has 2 atom stereocenters. The first-order valence-corrected chi connectivity index (χ1v) is 6.67. The number of aromatic nitrogens is 1. The Morgan fingerprint density at radius 1 is 1.35 bits per heavy atom. The molecule has 2 unspecified atom stereocenters. The molecule has 0 spiro atoms. The molecule has 94 valence electrons. The van der Waals surface area contributed by atoms with E-state index in [1.54, 1.807) is 0 Å². The van der Waals surface area contributed by atoms with Crippen molar-refractivity contribution in [2.24, 2.45) is 0 Å². The van der Waals surface area contributed by atoms with E-state index >= 15 is 0 Å².